The molecule has 0 saturated heterocycles. The fourth-order valence-electron chi connectivity index (χ4n) is 1.72. The molecule has 0 aliphatic heterocycles. The van der Waals surface area contributed by atoms with E-state index in [1.807, 2.05) is 6.07 Å². The maximum atomic E-state index is 8.76. The number of hydrogen-bond acceptors (Lipinski definition) is 4. The Labute approximate surface area is 123 Å². The molecule has 0 fully saturated rings. The predicted molar refractivity (Wildman–Crippen MR) is 74.3 cm³/mol. The summed E-state index contributed by atoms with van der Waals surface area (Å²) in [5.41, 5.74) is 1.66. The summed E-state index contributed by atoms with van der Waals surface area (Å²) in [6.07, 6.45) is 0. The van der Waals surface area contributed by atoms with Crippen molar-refractivity contribution in [2.24, 2.45) is 0 Å². The first-order valence-corrected chi connectivity index (χ1v) is 6.31. The Balaban J connectivity index is 1.99. The van der Waals surface area contributed by atoms with Crippen molar-refractivity contribution in [2.75, 3.05) is 0 Å². The van der Waals surface area contributed by atoms with Gasteiger partial charge in [-0.25, -0.2) is 0 Å². The van der Waals surface area contributed by atoms with E-state index in [2.05, 4.69) is 15.1 Å². The van der Waals surface area contributed by atoms with Gasteiger partial charge in [0.15, 0.2) is 0 Å². The maximum Gasteiger partial charge on any atom is 0.274 e. The number of rotatable bonds is 2. The van der Waals surface area contributed by atoms with Crippen LogP contribution in [0.15, 0.2) is 34.9 Å². The van der Waals surface area contributed by atoms with Gasteiger partial charge in [0, 0.05) is 15.6 Å². The Bertz CT molecular complexity index is 796. The Hall–Kier alpha value is -2.29. The minimum Gasteiger partial charge on any atom is -0.342 e. The van der Waals surface area contributed by atoms with Gasteiger partial charge in [0.25, 0.3) is 5.89 Å². The van der Waals surface area contributed by atoms with E-state index in [1.54, 1.807) is 30.3 Å². The molecular weight excluding hydrogens is 299 g/mol. The molecule has 0 radical (unpaired) electrons. The average Bonchev–Trinajstić information content (AvgIpc) is 3.06. The van der Waals surface area contributed by atoms with E-state index in [0.717, 1.165) is 0 Å². The zero-order chi connectivity index (χ0) is 14.1. The number of nitrogens with one attached hydrogen (secondary N) is 1. The van der Waals surface area contributed by atoms with Crippen LogP contribution in [0.3, 0.4) is 0 Å². The van der Waals surface area contributed by atoms with Gasteiger partial charge in [-0.2, -0.15) is 10.2 Å². The molecule has 98 valence electrons. The zero-order valence-electron chi connectivity index (χ0n) is 9.89. The average molecular weight is 305 g/mol. The second kappa shape index (κ2) is 5.00. The quantitative estimate of drug-likeness (QED) is 0.778. The molecule has 2 aromatic heterocycles. The fraction of sp³-hybridized carbons (Fsp3) is 0. The van der Waals surface area contributed by atoms with Crippen molar-refractivity contribution in [1.29, 1.82) is 5.26 Å². The minimum atomic E-state index is 0.289. The van der Waals surface area contributed by atoms with Crippen molar-refractivity contribution in [3.63, 3.8) is 0 Å². The lowest BCUT2D eigenvalue weighted by molar-refractivity contribution is 0.431. The molecule has 1 aromatic carbocycles. The Morgan fingerprint density at radius 3 is 2.55 bits per heavy atom. The van der Waals surface area contributed by atoms with E-state index in [9.17, 15) is 0 Å². The summed E-state index contributed by atoms with van der Waals surface area (Å²) in [5.74, 6) is 0.662. The van der Waals surface area contributed by atoms with Crippen LogP contribution in [0.5, 0.6) is 0 Å². The molecule has 0 aliphatic carbocycles. The van der Waals surface area contributed by atoms with Gasteiger partial charge in [0.05, 0.1) is 0 Å². The molecule has 7 heteroatoms. The number of nitrogens with zero attached hydrogens (tertiary/aromatic N) is 3. The van der Waals surface area contributed by atoms with E-state index in [1.165, 1.54) is 0 Å². The van der Waals surface area contributed by atoms with E-state index in [4.69, 9.17) is 33.0 Å². The van der Waals surface area contributed by atoms with Crippen LogP contribution in [0.2, 0.25) is 10.0 Å². The van der Waals surface area contributed by atoms with Crippen molar-refractivity contribution in [3.05, 3.63) is 46.1 Å². The van der Waals surface area contributed by atoms with Crippen LogP contribution in [0.4, 0.5) is 0 Å². The van der Waals surface area contributed by atoms with Crippen LogP contribution in [0.1, 0.15) is 5.69 Å². The molecule has 1 N–H and O–H groups in total. The highest BCUT2D eigenvalue weighted by Crippen LogP contribution is 2.27. The van der Waals surface area contributed by atoms with Crippen molar-refractivity contribution < 1.29 is 4.52 Å². The second-order valence-electron chi connectivity index (χ2n) is 3.98. The molecule has 20 heavy (non-hydrogen) atoms. The number of nitriles is 1. The Morgan fingerprint density at radius 1 is 1.15 bits per heavy atom. The van der Waals surface area contributed by atoms with Crippen molar-refractivity contribution in [2.45, 2.75) is 0 Å². The van der Waals surface area contributed by atoms with Crippen LogP contribution >= 0.6 is 23.2 Å². The third-order valence-corrected chi connectivity index (χ3v) is 3.02. The van der Waals surface area contributed by atoms with Gasteiger partial charge >= 0.3 is 0 Å². The summed E-state index contributed by atoms with van der Waals surface area (Å²) in [5, 5.41) is 13.6. The monoisotopic (exact) mass is 304 g/mol. The van der Waals surface area contributed by atoms with Crippen molar-refractivity contribution in [1.82, 2.24) is 15.1 Å². The van der Waals surface area contributed by atoms with E-state index in [0.29, 0.717) is 32.8 Å². The molecule has 2 heterocycles. The number of aromatic amines is 1. The van der Waals surface area contributed by atoms with E-state index < -0.39 is 0 Å². The molecule has 3 aromatic rings. The highest BCUT2D eigenvalue weighted by Gasteiger charge is 2.13. The molecule has 0 bridgehead atoms. The van der Waals surface area contributed by atoms with E-state index >= 15 is 0 Å². The topological polar surface area (TPSA) is 78.5 Å². The normalized spacial score (nSPS) is 10.4. The first kappa shape index (κ1) is 12.7. The largest absolute Gasteiger partial charge is 0.342 e. The Morgan fingerprint density at radius 2 is 1.90 bits per heavy atom. The third-order valence-electron chi connectivity index (χ3n) is 2.58. The summed E-state index contributed by atoms with van der Waals surface area (Å²) in [6, 6.07) is 10.3. The SMILES string of the molecule is N#Cc1ccc(-c2nc(-c3cc(Cl)cc(Cl)c3)no2)[nH]1. The Kier molecular flexibility index (Phi) is 3.18. The van der Waals surface area contributed by atoms with Crippen LogP contribution in [-0.2, 0) is 0 Å². The fourth-order valence-corrected chi connectivity index (χ4v) is 2.24. The molecule has 0 atom stereocenters. The second-order valence-corrected chi connectivity index (χ2v) is 4.85. The third kappa shape index (κ3) is 2.39. The lowest BCUT2D eigenvalue weighted by Gasteiger charge is -1.96. The van der Waals surface area contributed by atoms with Gasteiger partial charge in [0.1, 0.15) is 17.5 Å². The first-order chi connectivity index (χ1) is 9.65. The number of benzene rings is 1. The molecule has 0 aliphatic rings. The van der Waals surface area contributed by atoms with Gasteiger partial charge < -0.3 is 9.51 Å². The van der Waals surface area contributed by atoms with Crippen molar-refractivity contribution >= 4 is 23.2 Å². The number of aromatic nitrogens is 3. The number of H-pyrrole nitrogens is 1. The van der Waals surface area contributed by atoms with Gasteiger partial charge in [-0.3, -0.25) is 0 Å². The number of hydrogen-bond donors (Lipinski definition) is 1. The smallest absolute Gasteiger partial charge is 0.274 e. The van der Waals surface area contributed by atoms with Gasteiger partial charge in [-0.1, -0.05) is 28.4 Å². The summed E-state index contributed by atoms with van der Waals surface area (Å²) in [7, 11) is 0. The van der Waals surface area contributed by atoms with Crippen LogP contribution in [0.25, 0.3) is 23.0 Å². The summed E-state index contributed by atoms with van der Waals surface area (Å²) >= 11 is 11.9. The lowest BCUT2D eigenvalue weighted by Crippen LogP contribution is -1.82. The molecule has 0 unspecified atom stereocenters. The van der Waals surface area contributed by atoms with Gasteiger partial charge in [0.2, 0.25) is 5.82 Å². The highest BCUT2D eigenvalue weighted by atomic mass is 35.5. The van der Waals surface area contributed by atoms with Gasteiger partial charge in [-0.05, 0) is 30.3 Å². The molecule has 5 nitrogen and oxygen atoms in total. The summed E-state index contributed by atoms with van der Waals surface area (Å²) in [6.45, 7) is 0. The highest BCUT2D eigenvalue weighted by molar-refractivity contribution is 6.35. The van der Waals surface area contributed by atoms with Crippen molar-refractivity contribution in [3.8, 4) is 29.0 Å². The van der Waals surface area contributed by atoms with Gasteiger partial charge in [-0.15, -0.1) is 0 Å². The van der Waals surface area contributed by atoms with E-state index in [-0.39, 0.29) is 5.89 Å². The molecule has 3 rings (SSSR count). The summed E-state index contributed by atoms with van der Waals surface area (Å²) < 4.78 is 5.15. The predicted octanol–water partition coefficient (Wildman–Crippen LogP) is 3.91. The molecule has 0 saturated carbocycles. The zero-order valence-corrected chi connectivity index (χ0v) is 11.4. The lowest BCUT2D eigenvalue weighted by atomic mass is 10.2. The molecule has 0 amide bonds. The van der Waals surface area contributed by atoms with Crippen LogP contribution in [-0.4, -0.2) is 15.1 Å². The first-order valence-electron chi connectivity index (χ1n) is 5.55. The molecule has 0 spiro atoms. The maximum absolute atomic E-state index is 8.76. The molecular formula is C13H6Cl2N4O. The summed E-state index contributed by atoms with van der Waals surface area (Å²) in [4.78, 5) is 7.10. The van der Waals surface area contributed by atoms with Crippen LogP contribution < -0.4 is 0 Å². The van der Waals surface area contributed by atoms with Crippen LogP contribution in [0, 0.1) is 11.3 Å². The minimum absolute atomic E-state index is 0.289. The standard InChI is InChI=1S/C13H6Cl2N4O/c14-8-3-7(4-9(15)5-8)12-18-13(20-19-12)11-2-1-10(6-16)17-11/h1-5,17H. The number of halogens is 2.